The van der Waals surface area contributed by atoms with Crippen molar-refractivity contribution in [1.82, 2.24) is 25.1 Å². The minimum atomic E-state index is -0.325. The molecule has 0 saturated carbocycles. The fourth-order valence-corrected chi connectivity index (χ4v) is 3.79. The molecular weight excluding hydrogens is 380 g/mol. The lowest BCUT2D eigenvalue weighted by Gasteiger charge is -2.19. The number of anilines is 1. The highest BCUT2D eigenvalue weighted by atomic mass is 16.3. The molecule has 1 aliphatic heterocycles. The van der Waals surface area contributed by atoms with Gasteiger partial charge >= 0.3 is 0 Å². The van der Waals surface area contributed by atoms with Gasteiger partial charge in [-0.25, -0.2) is 9.97 Å². The Balaban J connectivity index is 1.35. The topological polar surface area (TPSA) is 97.9 Å². The lowest BCUT2D eigenvalue weighted by atomic mass is 9.98. The molecule has 0 atom stereocenters. The minimum absolute atomic E-state index is 0.262. The second kappa shape index (κ2) is 7.72. The average molecular weight is 402 g/mol. The Morgan fingerprint density at radius 3 is 2.83 bits per heavy atom. The average Bonchev–Trinajstić information content (AvgIpc) is 3.43. The number of carbonyl (C=O) groups is 1. The maximum absolute atomic E-state index is 12.6. The van der Waals surface area contributed by atoms with E-state index in [-0.39, 0.29) is 17.5 Å². The number of fused-ring (bicyclic) bond motifs is 1. The van der Waals surface area contributed by atoms with Crippen molar-refractivity contribution in [2.75, 3.05) is 18.4 Å². The van der Waals surface area contributed by atoms with Gasteiger partial charge in [0.2, 0.25) is 0 Å². The first-order valence-electron chi connectivity index (χ1n) is 10.0. The van der Waals surface area contributed by atoms with Crippen LogP contribution in [0.15, 0.2) is 53.5 Å². The van der Waals surface area contributed by atoms with Crippen LogP contribution in [-0.4, -0.2) is 38.7 Å². The summed E-state index contributed by atoms with van der Waals surface area (Å²) < 4.78 is 7.34. The zero-order valence-electron chi connectivity index (χ0n) is 16.6. The molecule has 3 aromatic heterocycles. The van der Waals surface area contributed by atoms with Crippen LogP contribution in [0, 0.1) is 0 Å². The Kier molecular flexibility index (Phi) is 4.76. The van der Waals surface area contributed by atoms with Crippen molar-refractivity contribution in [2.45, 2.75) is 18.8 Å². The van der Waals surface area contributed by atoms with Crippen molar-refractivity contribution >= 4 is 22.5 Å². The molecule has 2 N–H and O–H groups in total. The van der Waals surface area contributed by atoms with E-state index in [1.165, 1.54) is 6.26 Å². The van der Waals surface area contributed by atoms with Crippen LogP contribution in [0.4, 0.5) is 5.82 Å². The molecule has 30 heavy (non-hydrogen) atoms. The zero-order valence-corrected chi connectivity index (χ0v) is 16.6. The molecule has 8 heteroatoms. The second-order valence-corrected chi connectivity index (χ2v) is 7.58. The summed E-state index contributed by atoms with van der Waals surface area (Å²) in [6, 6.07) is 7.98. The Morgan fingerprint density at radius 1 is 1.17 bits per heavy atom. The van der Waals surface area contributed by atoms with E-state index in [1.54, 1.807) is 10.9 Å². The first kappa shape index (κ1) is 18.5. The Labute approximate surface area is 173 Å². The molecule has 1 fully saturated rings. The smallest absolute Gasteiger partial charge is 0.278 e. The zero-order chi connectivity index (χ0) is 20.5. The summed E-state index contributed by atoms with van der Waals surface area (Å²) in [6.07, 6.45) is 8.90. The number of oxazole rings is 1. The molecular formula is C22H22N6O2. The SMILES string of the molecule is Cn1cc(-c2ccc3cnc(NC(=O)c4coc(C5CCNCC5)n4)cc3c2)cn1. The van der Waals surface area contributed by atoms with Gasteiger partial charge in [-0.2, -0.15) is 5.10 Å². The number of aromatic nitrogens is 4. The molecule has 1 saturated heterocycles. The summed E-state index contributed by atoms with van der Waals surface area (Å²) >= 11 is 0. The van der Waals surface area contributed by atoms with Crippen molar-refractivity contribution in [3.05, 3.63) is 60.7 Å². The largest absolute Gasteiger partial charge is 0.448 e. The van der Waals surface area contributed by atoms with E-state index in [1.807, 2.05) is 37.6 Å². The van der Waals surface area contributed by atoms with Crippen molar-refractivity contribution in [2.24, 2.45) is 7.05 Å². The van der Waals surface area contributed by atoms with Crippen molar-refractivity contribution in [3.8, 4) is 11.1 Å². The lowest BCUT2D eigenvalue weighted by Crippen LogP contribution is -2.26. The van der Waals surface area contributed by atoms with Crippen LogP contribution in [0.2, 0.25) is 0 Å². The van der Waals surface area contributed by atoms with Crippen LogP contribution < -0.4 is 10.6 Å². The fraction of sp³-hybridized carbons (Fsp3) is 0.273. The second-order valence-electron chi connectivity index (χ2n) is 7.58. The molecule has 1 aliphatic rings. The number of rotatable bonds is 4. The molecule has 4 aromatic rings. The van der Waals surface area contributed by atoms with Gasteiger partial charge in [0.25, 0.3) is 5.91 Å². The monoisotopic (exact) mass is 402 g/mol. The lowest BCUT2D eigenvalue weighted by molar-refractivity contribution is 0.102. The van der Waals surface area contributed by atoms with Crippen LogP contribution in [0.5, 0.6) is 0 Å². The number of pyridine rings is 1. The van der Waals surface area contributed by atoms with Crippen molar-refractivity contribution in [3.63, 3.8) is 0 Å². The van der Waals surface area contributed by atoms with Gasteiger partial charge in [-0.3, -0.25) is 9.48 Å². The quantitative estimate of drug-likeness (QED) is 0.543. The van der Waals surface area contributed by atoms with Gasteiger partial charge in [-0.1, -0.05) is 12.1 Å². The summed E-state index contributed by atoms with van der Waals surface area (Å²) in [5.74, 6) is 1.04. The number of hydrogen-bond donors (Lipinski definition) is 2. The highest BCUT2D eigenvalue weighted by molar-refractivity contribution is 6.03. The molecule has 1 amide bonds. The third-order valence-corrected chi connectivity index (χ3v) is 5.44. The van der Waals surface area contributed by atoms with E-state index in [9.17, 15) is 4.79 Å². The predicted molar refractivity (Wildman–Crippen MR) is 113 cm³/mol. The number of hydrogen-bond acceptors (Lipinski definition) is 6. The van der Waals surface area contributed by atoms with Gasteiger partial charge in [0.05, 0.1) is 6.20 Å². The number of aryl methyl sites for hydroxylation is 1. The standard InChI is InChI=1S/C22H22N6O2/c1-28-12-18(11-25-28)15-2-3-16-10-24-20(9-17(16)8-15)27-21(29)19-13-30-22(26-19)14-4-6-23-7-5-14/h2-3,8-14,23H,4-7H2,1H3,(H,24,27,29). The van der Waals surface area contributed by atoms with E-state index < -0.39 is 0 Å². The number of piperidine rings is 1. The maximum atomic E-state index is 12.6. The number of nitrogens with zero attached hydrogens (tertiary/aromatic N) is 4. The highest BCUT2D eigenvalue weighted by Gasteiger charge is 2.22. The van der Waals surface area contributed by atoms with Crippen LogP contribution in [0.1, 0.15) is 35.1 Å². The van der Waals surface area contributed by atoms with E-state index in [2.05, 4.69) is 31.8 Å². The van der Waals surface area contributed by atoms with Gasteiger partial charge < -0.3 is 15.1 Å². The van der Waals surface area contributed by atoms with Gasteiger partial charge in [0.1, 0.15) is 12.1 Å². The Bertz CT molecular complexity index is 1210. The molecule has 0 unspecified atom stereocenters. The molecule has 5 rings (SSSR count). The molecule has 0 bridgehead atoms. The third-order valence-electron chi connectivity index (χ3n) is 5.44. The van der Waals surface area contributed by atoms with Crippen LogP contribution in [0.25, 0.3) is 21.9 Å². The number of benzene rings is 1. The first-order chi connectivity index (χ1) is 14.7. The van der Waals surface area contributed by atoms with Crippen LogP contribution >= 0.6 is 0 Å². The normalized spacial score (nSPS) is 14.8. The number of carbonyl (C=O) groups excluding carboxylic acids is 1. The Hall–Kier alpha value is -3.52. The predicted octanol–water partition coefficient (Wildman–Crippen LogP) is 3.34. The van der Waals surface area contributed by atoms with E-state index in [0.29, 0.717) is 11.7 Å². The molecule has 0 radical (unpaired) electrons. The molecule has 4 heterocycles. The summed E-state index contributed by atoms with van der Waals surface area (Å²) in [7, 11) is 1.89. The Morgan fingerprint density at radius 2 is 2.03 bits per heavy atom. The summed E-state index contributed by atoms with van der Waals surface area (Å²) in [6.45, 7) is 1.88. The maximum Gasteiger partial charge on any atom is 0.278 e. The summed E-state index contributed by atoms with van der Waals surface area (Å²) in [5.41, 5.74) is 2.37. The van der Waals surface area contributed by atoms with Gasteiger partial charge in [0.15, 0.2) is 11.6 Å². The summed E-state index contributed by atoms with van der Waals surface area (Å²) in [4.78, 5) is 21.4. The summed E-state index contributed by atoms with van der Waals surface area (Å²) in [5, 5.41) is 12.4. The highest BCUT2D eigenvalue weighted by Crippen LogP contribution is 2.26. The van der Waals surface area contributed by atoms with Gasteiger partial charge in [0, 0.05) is 36.3 Å². The fourth-order valence-electron chi connectivity index (χ4n) is 3.79. The molecule has 0 spiro atoms. The minimum Gasteiger partial charge on any atom is -0.448 e. The van der Waals surface area contributed by atoms with Crippen molar-refractivity contribution in [1.29, 1.82) is 0 Å². The van der Waals surface area contributed by atoms with Crippen LogP contribution in [-0.2, 0) is 7.05 Å². The molecule has 8 nitrogen and oxygen atoms in total. The molecule has 152 valence electrons. The molecule has 0 aliphatic carbocycles. The van der Waals surface area contributed by atoms with E-state index in [4.69, 9.17) is 4.42 Å². The first-order valence-corrected chi connectivity index (χ1v) is 10.0. The van der Waals surface area contributed by atoms with Crippen LogP contribution in [0.3, 0.4) is 0 Å². The van der Waals surface area contributed by atoms with E-state index >= 15 is 0 Å². The number of nitrogens with one attached hydrogen (secondary N) is 2. The molecule has 1 aromatic carbocycles. The van der Waals surface area contributed by atoms with E-state index in [0.717, 1.165) is 47.8 Å². The van der Waals surface area contributed by atoms with Gasteiger partial charge in [-0.15, -0.1) is 0 Å². The van der Waals surface area contributed by atoms with Crippen molar-refractivity contribution < 1.29 is 9.21 Å². The number of amides is 1. The third kappa shape index (κ3) is 3.69. The van der Waals surface area contributed by atoms with Gasteiger partial charge in [-0.05, 0) is 49.0 Å².